The number of carbonyl (C=O) groups excluding carboxylic acids is 1. The quantitative estimate of drug-likeness (QED) is 0.866. The molecule has 1 saturated carbocycles. The third kappa shape index (κ3) is 2.96. The number of aliphatic hydroxyl groups is 1. The molecule has 2 aliphatic rings. The lowest BCUT2D eigenvalue weighted by molar-refractivity contribution is 0.0866. The van der Waals surface area contributed by atoms with E-state index in [9.17, 15) is 9.90 Å². The fourth-order valence-corrected chi connectivity index (χ4v) is 3.68. The van der Waals surface area contributed by atoms with E-state index in [4.69, 9.17) is 0 Å². The molecule has 8 nitrogen and oxygen atoms in total. The molecule has 2 amide bonds. The highest BCUT2D eigenvalue weighted by molar-refractivity contribution is 5.89. The van der Waals surface area contributed by atoms with Crippen LogP contribution in [0.3, 0.4) is 0 Å². The molecule has 1 aliphatic heterocycles. The number of carbonyl (C=O) groups is 1. The minimum absolute atomic E-state index is 0.118. The molecule has 3 unspecified atom stereocenters. The highest BCUT2D eigenvalue weighted by Crippen LogP contribution is 2.36. The van der Waals surface area contributed by atoms with Gasteiger partial charge >= 0.3 is 6.03 Å². The number of aromatic nitrogens is 4. The molecular weight excluding hydrogens is 308 g/mol. The lowest BCUT2D eigenvalue weighted by Crippen LogP contribution is -2.33. The second-order valence-corrected chi connectivity index (χ2v) is 6.54. The number of hydrogen-bond acceptors (Lipinski definition) is 5. The van der Waals surface area contributed by atoms with Crippen molar-refractivity contribution in [1.29, 1.82) is 0 Å². The minimum atomic E-state index is -0.210. The number of aliphatic hydroxyl groups excluding tert-OH is 1. The molecule has 0 bridgehead atoms. The molecule has 8 heteroatoms. The molecule has 0 radical (unpaired) electrons. The van der Waals surface area contributed by atoms with E-state index >= 15 is 0 Å². The summed E-state index contributed by atoms with van der Waals surface area (Å²) in [5.74, 6) is 1.39. The van der Waals surface area contributed by atoms with Gasteiger partial charge in [-0.15, -0.1) is 0 Å². The van der Waals surface area contributed by atoms with E-state index in [-0.39, 0.29) is 12.1 Å². The van der Waals surface area contributed by atoms with Crippen molar-refractivity contribution in [2.45, 2.75) is 25.4 Å². The summed E-state index contributed by atoms with van der Waals surface area (Å²) < 4.78 is 1.52. The van der Waals surface area contributed by atoms with Crippen LogP contribution in [0.15, 0.2) is 30.9 Å². The van der Waals surface area contributed by atoms with Crippen molar-refractivity contribution < 1.29 is 9.90 Å². The largest absolute Gasteiger partial charge is 0.393 e. The smallest absolute Gasteiger partial charge is 0.321 e. The highest BCUT2D eigenvalue weighted by atomic mass is 16.3. The first kappa shape index (κ1) is 15.1. The molecule has 4 rings (SSSR count). The van der Waals surface area contributed by atoms with Crippen LogP contribution in [-0.4, -0.2) is 55.0 Å². The van der Waals surface area contributed by atoms with Gasteiger partial charge in [0.2, 0.25) is 5.95 Å². The number of anilines is 1. The van der Waals surface area contributed by atoms with Gasteiger partial charge in [0.05, 0.1) is 24.2 Å². The molecule has 3 atom stereocenters. The van der Waals surface area contributed by atoms with Gasteiger partial charge in [0.15, 0.2) is 0 Å². The zero-order valence-corrected chi connectivity index (χ0v) is 13.2. The number of likely N-dealkylation sites (tertiary alicyclic amines) is 1. The van der Waals surface area contributed by atoms with Crippen LogP contribution in [0.2, 0.25) is 0 Å². The van der Waals surface area contributed by atoms with Crippen molar-refractivity contribution in [3.63, 3.8) is 0 Å². The average Bonchev–Trinajstić information content (AvgIpc) is 3.22. The third-order valence-electron chi connectivity index (χ3n) is 4.90. The van der Waals surface area contributed by atoms with Crippen LogP contribution in [0.5, 0.6) is 0 Å². The topological polar surface area (TPSA) is 96.2 Å². The second-order valence-electron chi connectivity index (χ2n) is 6.54. The Hall–Kier alpha value is -2.48. The Morgan fingerprint density at radius 1 is 1.21 bits per heavy atom. The van der Waals surface area contributed by atoms with Crippen molar-refractivity contribution in [1.82, 2.24) is 24.6 Å². The SMILES string of the molecule is O=C(Nc1cnn(-c2ncccn2)c1)N1CC2CCC(O)CC2C1. The average molecular weight is 328 g/mol. The number of nitrogens with zero attached hydrogens (tertiary/aromatic N) is 5. The number of amides is 2. The summed E-state index contributed by atoms with van der Waals surface area (Å²) in [5, 5.41) is 16.8. The van der Waals surface area contributed by atoms with Crippen molar-refractivity contribution in [3.8, 4) is 5.95 Å². The van der Waals surface area contributed by atoms with E-state index in [2.05, 4.69) is 20.4 Å². The van der Waals surface area contributed by atoms with Gasteiger partial charge in [0, 0.05) is 25.5 Å². The standard InChI is InChI=1S/C16H20N6O2/c23-14-3-2-11-8-21(9-12(11)6-14)16(24)20-13-7-19-22(10-13)15-17-4-1-5-18-15/h1,4-5,7,10-12,14,23H,2-3,6,8-9H2,(H,20,24). The predicted octanol–water partition coefficient (Wildman–Crippen LogP) is 1.29. The van der Waals surface area contributed by atoms with Crippen LogP contribution in [-0.2, 0) is 0 Å². The zero-order chi connectivity index (χ0) is 16.5. The number of nitrogens with one attached hydrogen (secondary N) is 1. The predicted molar refractivity (Wildman–Crippen MR) is 86.6 cm³/mol. The van der Waals surface area contributed by atoms with Gasteiger partial charge in [-0.3, -0.25) is 0 Å². The molecule has 2 fully saturated rings. The van der Waals surface area contributed by atoms with E-state index in [0.29, 0.717) is 30.0 Å². The van der Waals surface area contributed by atoms with Gasteiger partial charge < -0.3 is 15.3 Å². The van der Waals surface area contributed by atoms with E-state index in [0.717, 1.165) is 25.8 Å². The maximum Gasteiger partial charge on any atom is 0.321 e. The van der Waals surface area contributed by atoms with Gasteiger partial charge in [-0.1, -0.05) is 0 Å². The van der Waals surface area contributed by atoms with Gasteiger partial charge in [-0.2, -0.15) is 5.10 Å². The summed E-state index contributed by atoms with van der Waals surface area (Å²) in [7, 11) is 0. The van der Waals surface area contributed by atoms with Crippen molar-refractivity contribution in [2.75, 3.05) is 18.4 Å². The molecule has 3 heterocycles. The van der Waals surface area contributed by atoms with Crippen molar-refractivity contribution >= 4 is 11.7 Å². The fraction of sp³-hybridized carbons (Fsp3) is 0.500. The lowest BCUT2D eigenvalue weighted by atomic mass is 9.80. The Labute approximate surface area is 139 Å². The Kier molecular flexibility index (Phi) is 3.89. The molecule has 2 aromatic heterocycles. The number of hydrogen-bond donors (Lipinski definition) is 2. The van der Waals surface area contributed by atoms with E-state index < -0.39 is 0 Å². The summed E-state index contributed by atoms with van der Waals surface area (Å²) in [5.41, 5.74) is 0.613. The van der Waals surface area contributed by atoms with Gasteiger partial charge in [-0.05, 0) is 37.2 Å². The Morgan fingerprint density at radius 2 is 2.00 bits per heavy atom. The summed E-state index contributed by atoms with van der Waals surface area (Å²) >= 11 is 0. The lowest BCUT2D eigenvalue weighted by Gasteiger charge is -2.27. The maximum absolute atomic E-state index is 12.5. The van der Waals surface area contributed by atoms with Gasteiger partial charge in [0.1, 0.15) is 0 Å². The third-order valence-corrected chi connectivity index (χ3v) is 4.90. The van der Waals surface area contributed by atoms with Crippen LogP contribution in [0.1, 0.15) is 19.3 Å². The normalized spacial score (nSPS) is 26.2. The molecule has 0 spiro atoms. The molecule has 2 aromatic rings. The summed E-state index contributed by atoms with van der Waals surface area (Å²) in [6.07, 6.45) is 9.00. The van der Waals surface area contributed by atoms with Crippen LogP contribution in [0.4, 0.5) is 10.5 Å². The summed E-state index contributed by atoms with van der Waals surface area (Å²) in [6.45, 7) is 1.47. The molecule has 126 valence electrons. The molecule has 0 aromatic carbocycles. The van der Waals surface area contributed by atoms with Crippen molar-refractivity contribution in [2.24, 2.45) is 11.8 Å². The Bertz CT molecular complexity index is 718. The number of urea groups is 1. The molecule has 1 saturated heterocycles. The van der Waals surface area contributed by atoms with Crippen LogP contribution < -0.4 is 5.32 Å². The van der Waals surface area contributed by atoms with E-state index in [1.807, 2.05) is 4.90 Å². The first-order chi connectivity index (χ1) is 11.7. The Balaban J connectivity index is 1.39. The monoisotopic (exact) mass is 328 g/mol. The number of rotatable bonds is 2. The van der Waals surface area contributed by atoms with E-state index in [1.165, 1.54) is 4.68 Å². The highest BCUT2D eigenvalue weighted by Gasteiger charge is 2.39. The second kappa shape index (κ2) is 6.20. The molecule has 1 aliphatic carbocycles. The summed E-state index contributed by atoms with van der Waals surface area (Å²) in [4.78, 5) is 22.5. The van der Waals surface area contributed by atoms with E-state index in [1.54, 1.807) is 30.9 Å². The zero-order valence-electron chi connectivity index (χ0n) is 13.2. The van der Waals surface area contributed by atoms with Gasteiger partial charge in [0.25, 0.3) is 0 Å². The van der Waals surface area contributed by atoms with Gasteiger partial charge in [-0.25, -0.2) is 19.4 Å². The first-order valence-corrected chi connectivity index (χ1v) is 8.25. The minimum Gasteiger partial charge on any atom is -0.393 e. The van der Waals surface area contributed by atoms with Crippen LogP contribution in [0, 0.1) is 11.8 Å². The molecular formula is C16H20N6O2. The maximum atomic E-state index is 12.5. The molecule has 24 heavy (non-hydrogen) atoms. The van der Waals surface area contributed by atoms with Crippen LogP contribution >= 0.6 is 0 Å². The Morgan fingerprint density at radius 3 is 2.83 bits per heavy atom. The fourth-order valence-electron chi connectivity index (χ4n) is 3.68. The number of fused-ring (bicyclic) bond motifs is 1. The van der Waals surface area contributed by atoms with Crippen LogP contribution in [0.25, 0.3) is 5.95 Å². The summed E-state index contributed by atoms with van der Waals surface area (Å²) in [6, 6.07) is 1.62. The first-order valence-electron chi connectivity index (χ1n) is 8.25. The molecule has 2 N–H and O–H groups in total. The van der Waals surface area contributed by atoms with Crippen molar-refractivity contribution in [3.05, 3.63) is 30.9 Å².